The first-order valence-electron chi connectivity index (χ1n) is 8.03. The summed E-state index contributed by atoms with van der Waals surface area (Å²) in [6.45, 7) is 0. The maximum absolute atomic E-state index is 11.1. The third-order valence-electron chi connectivity index (χ3n) is 4.07. The number of halogens is 2. The van der Waals surface area contributed by atoms with E-state index in [1.807, 2.05) is 54.6 Å². The van der Waals surface area contributed by atoms with Crippen LogP contribution >= 0.6 is 27.5 Å². The fourth-order valence-corrected chi connectivity index (χ4v) is 3.57. The first-order valence-corrected chi connectivity index (χ1v) is 9.20. The summed E-state index contributed by atoms with van der Waals surface area (Å²) in [5, 5.41) is -0.394. The number of nitrogens with zero attached hydrogens (tertiary/aromatic N) is 1. The molecule has 0 bridgehead atoms. The molecule has 0 saturated carbocycles. The molecule has 3 aromatic carbocycles. The molecule has 5 heteroatoms. The van der Waals surface area contributed by atoms with E-state index >= 15 is 0 Å². The summed E-state index contributed by atoms with van der Waals surface area (Å²) < 4.78 is 6.81. The van der Waals surface area contributed by atoms with Crippen molar-refractivity contribution < 1.29 is 9.21 Å². The van der Waals surface area contributed by atoms with Crippen LogP contribution in [0.3, 0.4) is 0 Å². The highest BCUT2D eigenvalue weighted by Crippen LogP contribution is 2.34. The number of rotatable bonds is 4. The van der Waals surface area contributed by atoms with Gasteiger partial charge in [-0.05, 0) is 68.5 Å². The van der Waals surface area contributed by atoms with Gasteiger partial charge in [0.15, 0.2) is 5.58 Å². The normalized spacial score (nSPS) is 11.0. The van der Waals surface area contributed by atoms with E-state index in [1.165, 1.54) is 0 Å². The zero-order valence-electron chi connectivity index (χ0n) is 13.6. The number of carbonyl (C=O) groups is 1. The van der Waals surface area contributed by atoms with E-state index in [1.54, 1.807) is 0 Å². The second-order valence-electron chi connectivity index (χ2n) is 5.92. The third kappa shape index (κ3) is 3.43. The first-order chi connectivity index (χ1) is 12.6. The van der Waals surface area contributed by atoms with Crippen molar-refractivity contribution in [3.8, 4) is 22.6 Å². The van der Waals surface area contributed by atoms with Gasteiger partial charge in [0.05, 0.1) is 4.47 Å². The van der Waals surface area contributed by atoms with E-state index in [4.69, 9.17) is 16.0 Å². The number of aromatic nitrogens is 1. The molecule has 0 saturated heterocycles. The third-order valence-corrected chi connectivity index (χ3v) is 4.79. The molecule has 0 unspecified atom stereocenters. The van der Waals surface area contributed by atoms with Crippen LogP contribution in [0.5, 0.6) is 0 Å². The van der Waals surface area contributed by atoms with Crippen LogP contribution in [0.4, 0.5) is 0 Å². The molecule has 26 heavy (non-hydrogen) atoms. The maximum Gasteiger partial charge on any atom is 0.227 e. The van der Waals surface area contributed by atoms with Crippen molar-refractivity contribution in [2.45, 2.75) is 6.42 Å². The molecule has 0 fully saturated rings. The minimum absolute atomic E-state index is 0.178. The molecule has 0 radical (unpaired) electrons. The molecule has 128 valence electrons. The Balaban J connectivity index is 1.79. The molecule has 0 aliphatic carbocycles. The lowest BCUT2D eigenvalue weighted by molar-refractivity contribution is -0.111. The van der Waals surface area contributed by atoms with Crippen molar-refractivity contribution in [1.29, 1.82) is 0 Å². The van der Waals surface area contributed by atoms with Gasteiger partial charge in [-0.25, -0.2) is 4.98 Å². The molecule has 0 atom stereocenters. The van der Waals surface area contributed by atoms with Crippen molar-refractivity contribution in [3.05, 3.63) is 76.8 Å². The van der Waals surface area contributed by atoms with Crippen molar-refractivity contribution >= 4 is 43.9 Å². The predicted molar refractivity (Wildman–Crippen MR) is 107 cm³/mol. The number of carbonyl (C=O) groups excluding carboxylic acids is 1. The Bertz CT molecular complexity index is 1110. The lowest BCUT2D eigenvalue weighted by Gasteiger charge is -2.02. The standard InChI is InChI=1S/C21H13BrClNO2/c22-17-11-16(14-6-2-1-3-7-14)12-18-20(17)26-21(24-18)15-8-4-5-13(9-15)10-19(23)25/h1-9,11-12H,10H2. The molecule has 0 N–H and O–H groups in total. The van der Waals surface area contributed by atoms with Gasteiger partial charge in [0.1, 0.15) is 5.52 Å². The average Bonchev–Trinajstić information content (AvgIpc) is 3.07. The Morgan fingerprint density at radius 2 is 1.73 bits per heavy atom. The molecule has 0 aliphatic rings. The zero-order valence-corrected chi connectivity index (χ0v) is 15.9. The monoisotopic (exact) mass is 425 g/mol. The highest BCUT2D eigenvalue weighted by molar-refractivity contribution is 9.10. The molecule has 1 heterocycles. The predicted octanol–water partition coefficient (Wildman–Crippen LogP) is 6.23. The second kappa shape index (κ2) is 7.06. The topological polar surface area (TPSA) is 43.1 Å². The summed E-state index contributed by atoms with van der Waals surface area (Å²) in [7, 11) is 0. The summed E-state index contributed by atoms with van der Waals surface area (Å²) in [6.07, 6.45) is 0.178. The van der Waals surface area contributed by atoms with E-state index in [-0.39, 0.29) is 6.42 Å². The van der Waals surface area contributed by atoms with Gasteiger partial charge in [-0.3, -0.25) is 4.79 Å². The van der Waals surface area contributed by atoms with Gasteiger partial charge >= 0.3 is 0 Å². The van der Waals surface area contributed by atoms with Crippen molar-refractivity contribution in [2.75, 3.05) is 0 Å². The van der Waals surface area contributed by atoms with E-state index < -0.39 is 5.24 Å². The summed E-state index contributed by atoms with van der Waals surface area (Å²) >= 11 is 9.07. The fraction of sp³-hybridized carbons (Fsp3) is 0.0476. The maximum atomic E-state index is 11.1. The van der Waals surface area contributed by atoms with Crippen LogP contribution in [0.15, 0.2) is 75.6 Å². The van der Waals surface area contributed by atoms with E-state index in [2.05, 4.69) is 33.0 Å². The Hall–Kier alpha value is -2.43. The minimum Gasteiger partial charge on any atom is -0.435 e. The van der Waals surface area contributed by atoms with Crippen LogP contribution < -0.4 is 0 Å². The Kier molecular flexibility index (Phi) is 4.62. The molecule has 4 aromatic rings. The largest absolute Gasteiger partial charge is 0.435 e. The fourth-order valence-electron chi connectivity index (χ4n) is 2.89. The second-order valence-corrected chi connectivity index (χ2v) is 7.20. The first kappa shape index (κ1) is 17.0. The molecular weight excluding hydrogens is 414 g/mol. The Morgan fingerprint density at radius 3 is 2.50 bits per heavy atom. The van der Waals surface area contributed by atoms with Crippen LogP contribution in [0.1, 0.15) is 5.56 Å². The van der Waals surface area contributed by atoms with Gasteiger partial charge in [0.25, 0.3) is 0 Å². The van der Waals surface area contributed by atoms with Gasteiger partial charge in [-0.1, -0.05) is 42.5 Å². The summed E-state index contributed by atoms with van der Waals surface area (Å²) in [6, 6.07) is 21.6. The summed E-state index contributed by atoms with van der Waals surface area (Å²) in [5.41, 5.74) is 5.28. The van der Waals surface area contributed by atoms with Crippen LogP contribution in [0.25, 0.3) is 33.7 Å². The van der Waals surface area contributed by atoms with Crippen LogP contribution in [-0.2, 0) is 11.2 Å². The van der Waals surface area contributed by atoms with Gasteiger partial charge in [0.2, 0.25) is 11.1 Å². The summed E-state index contributed by atoms with van der Waals surface area (Å²) in [5.74, 6) is 0.509. The number of benzene rings is 3. The van der Waals surface area contributed by atoms with Gasteiger partial charge in [-0.2, -0.15) is 0 Å². The number of fused-ring (bicyclic) bond motifs is 1. The molecule has 4 rings (SSSR count). The van der Waals surface area contributed by atoms with Crippen molar-refractivity contribution in [2.24, 2.45) is 0 Å². The number of hydrogen-bond acceptors (Lipinski definition) is 3. The average molecular weight is 427 g/mol. The van der Waals surface area contributed by atoms with Crippen molar-refractivity contribution in [3.63, 3.8) is 0 Å². The van der Waals surface area contributed by atoms with E-state index in [0.29, 0.717) is 11.5 Å². The van der Waals surface area contributed by atoms with E-state index in [9.17, 15) is 4.79 Å². The molecule has 3 nitrogen and oxygen atoms in total. The number of oxazole rings is 1. The molecular formula is C21H13BrClNO2. The van der Waals surface area contributed by atoms with Crippen LogP contribution in [0.2, 0.25) is 0 Å². The highest BCUT2D eigenvalue weighted by Gasteiger charge is 2.13. The molecule has 0 aliphatic heterocycles. The lowest BCUT2D eigenvalue weighted by Crippen LogP contribution is -1.93. The Labute approximate surface area is 163 Å². The molecule has 0 amide bonds. The zero-order chi connectivity index (χ0) is 18.1. The SMILES string of the molecule is O=C(Cl)Cc1cccc(-c2nc3cc(-c4ccccc4)cc(Br)c3o2)c1. The summed E-state index contributed by atoms with van der Waals surface area (Å²) in [4.78, 5) is 15.8. The van der Waals surface area contributed by atoms with Crippen LogP contribution in [0, 0.1) is 0 Å². The van der Waals surface area contributed by atoms with E-state index in [0.717, 1.165) is 32.2 Å². The minimum atomic E-state index is -0.394. The van der Waals surface area contributed by atoms with Gasteiger partial charge < -0.3 is 4.42 Å². The number of hydrogen-bond donors (Lipinski definition) is 0. The van der Waals surface area contributed by atoms with Crippen molar-refractivity contribution in [1.82, 2.24) is 4.98 Å². The quantitative estimate of drug-likeness (QED) is 0.363. The molecule has 0 spiro atoms. The van der Waals surface area contributed by atoms with Gasteiger partial charge in [-0.15, -0.1) is 0 Å². The molecule has 1 aromatic heterocycles. The lowest BCUT2D eigenvalue weighted by atomic mass is 10.1. The Morgan fingerprint density at radius 1 is 0.962 bits per heavy atom. The van der Waals surface area contributed by atoms with Gasteiger partial charge in [0, 0.05) is 12.0 Å². The smallest absolute Gasteiger partial charge is 0.227 e. The highest BCUT2D eigenvalue weighted by atomic mass is 79.9. The van der Waals surface area contributed by atoms with Crippen LogP contribution in [-0.4, -0.2) is 10.2 Å².